The van der Waals surface area contributed by atoms with Gasteiger partial charge in [-0.1, -0.05) is 41.4 Å². The molecule has 2 aromatic carbocycles. The molecule has 7 heteroatoms. The minimum Gasteiger partial charge on any atom is -0.400 e. The quantitative estimate of drug-likeness (QED) is 0.401. The summed E-state index contributed by atoms with van der Waals surface area (Å²) in [5.74, 6) is -0.495. The molecular weight excluding hydrogens is 457 g/mol. The van der Waals surface area contributed by atoms with Gasteiger partial charge in [-0.15, -0.1) is 12.8 Å². The van der Waals surface area contributed by atoms with E-state index in [2.05, 4.69) is 12.8 Å². The second-order valence-corrected chi connectivity index (χ2v) is 8.71. The maximum Gasteiger partial charge on any atom is 0.258 e. The number of fused-ring (bicyclic) bond motifs is 1. The van der Waals surface area contributed by atoms with Crippen molar-refractivity contribution in [1.82, 2.24) is 4.57 Å². The van der Waals surface area contributed by atoms with Gasteiger partial charge in [0.05, 0.1) is 10.6 Å². The Bertz CT molecular complexity index is 1200. The Morgan fingerprint density at radius 2 is 1.62 bits per heavy atom. The smallest absolute Gasteiger partial charge is 0.258 e. The van der Waals surface area contributed by atoms with E-state index < -0.39 is 11.4 Å². The lowest BCUT2D eigenvalue weighted by molar-refractivity contribution is -0.107. The fourth-order valence-corrected chi connectivity index (χ4v) is 3.44. The summed E-state index contributed by atoms with van der Waals surface area (Å²) >= 11 is 6.29. The normalized spacial score (nSPS) is 10.1. The van der Waals surface area contributed by atoms with Crippen molar-refractivity contribution in [1.29, 1.82) is 0 Å². The summed E-state index contributed by atoms with van der Waals surface area (Å²) < 4.78 is 15.8. The standard InChI is InChI=1S/C20H17ClFNO2.C4H10O.C2H2.CH4O/c1-11-4-6-13-15(10-11)17(16(8-9-24)23(3)20(13)25)14-7-5-12(2)19(22)18(14)21;1-4(2,3)5;2*1-2/h4-7,9-10H,8H2,1-3H3;5H,1-3H3;1-2H;2H,1H3. The predicted octanol–water partition coefficient (Wildman–Crippen LogP) is 4.99. The van der Waals surface area contributed by atoms with Gasteiger partial charge in [-0.2, -0.15) is 0 Å². The van der Waals surface area contributed by atoms with Crippen molar-refractivity contribution in [3.8, 4) is 24.0 Å². The van der Waals surface area contributed by atoms with Crippen LogP contribution in [0.2, 0.25) is 5.02 Å². The van der Waals surface area contributed by atoms with E-state index in [0.29, 0.717) is 33.2 Å². The number of terminal acetylenes is 1. The molecule has 3 aromatic rings. The molecule has 0 saturated carbocycles. The van der Waals surface area contributed by atoms with Crippen LogP contribution in [0.15, 0.2) is 35.1 Å². The van der Waals surface area contributed by atoms with Crippen LogP contribution in [0, 0.1) is 32.5 Å². The summed E-state index contributed by atoms with van der Waals surface area (Å²) in [5.41, 5.74) is 2.32. The summed E-state index contributed by atoms with van der Waals surface area (Å²) in [7, 11) is 2.61. The average Bonchev–Trinajstić information content (AvgIpc) is 2.78. The SMILES string of the molecule is C#C.CC(C)(C)O.CO.Cc1ccc2c(=O)n(C)c(CC=O)c(-c3ccc(C)c(F)c3Cl)c2c1. The van der Waals surface area contributed by atoms with Gasteiger partial charge in [-0.25, -0.2) is 4.39 Å². The van der Waals surface area contributed by atoms with Crippen LogP contribution < -0.4 is 5.56 Å². The molecule has 1 aromatic heterocycles. The van der Waals surface area contributed by atoms with Gasteiger partial charge < -0.3 is 19.6 Å². The molecule has 0 atom stereocenters. The Kier molecular flexibility index (Phi) is 12.5. The highest BCUT2D eigenvalue weighted by Crippen LogP contribution is 2.37. The van der Waals surface area contributed by atoms with Gasteiger partial charge in [0.15, 0.2) is 0 Å². The van der Waals surface area contributed by atoms with E-state index in [1.54, 1.807) is 52.9 Å². The number of benzene rings is 2. The van der Waals surface area contributed by atoms with Crippen LogP contribution in [-0.2, 0) is 18.3 Å². The van der Waals surface area contributed by atoms with Crippen molar-refractivity contribution in [3.63, 3.8) is 0 Å². The number of carbonyl (C=O) groups excluding carboxylic acids is 1. The molecule has 0 saturated heterocycles. The van der Waals surface area contributed by atoms with Crippen molar-refractivity contribution in [3.05, 3.63) is 68.3 Å². The number of aliphatic hydroxyl groups is 2. The number of aldehydes is 1. The lowest BCUT2D eigenvalue weighted by Crippen LogP contribution is -2.22. The van der Waals surface area contributed by atoms with E-state index in [9.17, 15) is 14.0 Å². The molecule has 2 N–H and O–H groups in total. The van der Waals surface area contributed by atoms with Gasteiger partial charge in [0.2, 0.25) is 0 Å². The molecular formula is C27H33ClFNO4. The molecule has 0 fully saturated rings. The number of halogens is 2. The zero-order chi connectivity index (χ0) is 26.8. The summed E-state index contributed by atoms with van der Waals surface area (Å²) in [6.07, 6.45) is 8.77. The van der Waals surface area contributed by atoms with Crippen molar-refractivity contribution in [2.45, 2.75) is 46.6 Å². The second-order valence-electron chi connectivity index (χ2n) is 8.33. The summed E-state index contributed by atoms with van der Waals surface area (Å²) in [5, 5.41) is 16.7. The molecule has 0 radical (unpaired) electrons. The summed E-state index contributed by atoms with van der Waals surface area (Å²) in [4.78, 5) is 23.9. The Morgan fingerprint density at radius 1 is 1.09 bits per heavy atom. The third-order valence-electron chi connectivity index (χ3n) is 4.49. The topological polar surface area (TPSA) is 79.5 Å². The number of nitrogens with zero attached hydrogens (tertiary/aromatic N) is 1. The molecule has 3 rings (SSSR count). The summed E-state index contributed by atoms with van der Waals surface area (Å²) in [6.45, 7) is 8.78. The Hall–Kier alpha value is -2.98. The Labute approximate surface area is 205 Å². The molecule has 0 bridgehead atoms. The molecule has 184 valence electrons. The van der Waals surface area contributed by atoms with E-state index in [4.69, 9.17) is 21.8 Å². The fourth-order valence-electron chi connectivity index (χ4n) is 3.14. The number of hydrogen-bond acceptors (Lipinski definition) is 4. The van der Waals surface area contributed by atoms with E-state index in [0.717, 1.165) is 19.0 Å². The minimum absolute atomic E-state index is 0.00592. The zero-order valence-corrected chi connectivity index (χ0v) is 21.5. The van der Waals surface area contributed by atoms with E-state index in [-0.39, 0.29) is 17.0 Å². The Morgan fingerprint density at radius 3 is 2.12 bits per heavy atom. The van der Waals surface area contributed by atoms with Crippen LogP contribution in [0.3, 0.4) is 0 Å². The third kappa shape index (κ3) is 7.81. The third-order valence-corrected chi connectivity index (χ3v) is 4.86. The van der Waals surface area contributed by atoms with Crippen molar-refractivity contribution < 1.29 is 19.4 Å². The van der Waals surface area contributed by atoms with Gasteiger partial charge in [-0.05, 0) is 51.6 Å². The maximum absolute atomic E-state index is 14.4. The molecule has 0 amide bonds. The van der Waals surface area contributed by atoms with Gasteiger partial charge in [-0.3, -0.25) is 4.79 Å². The minimum atomic E-state index is -0.500. The number of hydrogen-bond donors (Lipinski definition) is 2. The van der Waals surface area contributed by atoms with Gasteiger partial charge >= 0.3 is 0 Å². The highest BCUT2D eigenvalue weighted by molar-refractivity contribution is 6.34. The number of rotatable bonds is 3. The molecule has 5 nitrogen and oxygen atoms in total. The lowest BCUT2D eigenvalue weighted by atomic mass is 9.94. The van der Waals surface area contributed by atoms with E-state index in [1.807, 2.05) is 19.1 Å². The van der Waals surface area contributed by atoms with Gasteiger partial charge in [0.25, 0.3) is 5.56 Å². The zero-order valence-electron chi connectivity index (χ0n) is 20.7. The van der Waals surface area contributed by atoms with Crippen LogP contribution >= 0.6 is 11.6 Å². The fraction of sp³-hybridized carbons (Fsp3) is 0.333. The number of aromatic nitrogens is 1. The molecule has 1 heterocycles. The first kappa shape index (κ1) is 31.0. The highest BCUT2D eigenvalue weighted by atomic mass is 35.5. The largest absolute Gasteiger partial charge is 0.400 e. The van der Waals surface area contributed by atoms with Crippen molar-refractivity contribution in [2.75, 3.05) is 7.11 Å². The van der Waals surface area contributed by atoms with Crippen molar-refractivity contribution in [2.24, 2.45) is 7.05 Å². The molecule has 34 heavy (non-hydrogen) atoms. The van der Waals surface area contributed by atoms with Gasteiger partial charge in [0, 0.05) is 42.8 Å². The first-order chi connectivity index (χ1) is 15.9. The summed E-state index contributed by atoms with van der Waals surface area (Å²) in [6, 6.07) is 8.85. The number of aryl methyl sites for hydroxylation is 2. The highest BCUT2D eigenvalue weighted by Gasteiger charge is 2.20. The molecule has 0 aliphatic rings. The lowest BCUT2D eigenvalue weighted by Gasteiger charge is -2.18. The monoisotopic (exact) mass is 489 g/mol. The predicted molar refractivity (Wildman–Crippen MR) is 139 cm³/mol. The van der Waals surface area contributed by atoms with Crippen LogP contribution in [0.25, 0.3) is 21.9 Å². The molecule has 0 aliphatic heterocycles. The number of aliphatic hydroxyl groups excluding tert-OH is 1. The maximum atomic E-state index is 14.4. The molecule has 0 unspecified atom stereocenters. The molecule has 0 spiro atoms. The van der Waals surface area contributed by atoms with Crippen molar-refractivity contribution >= 4 is 28.7 Å². The second kappa shape index (κ2) is 13.7. The van der Waals surface area contributed by atoms with Crippen LogP contribution in [0.1, 0.15) is 37.6 Å². The first-order valence-corrected chi connectivity index (χ1v) is 10.8. The van der Waals surface area contributed by atoms with Crippen LogP contribution in [-0.4, -0.2) is 33.8 Å². The van der Waals surface area contributed by atoms with E-state index >= 15 is 0 Å². The molecule has 0 aliphatic carbocycles. The number of pyridine rings is 1. The Balaban J connectivity index is 0.00000106. The average molecular weight is 490 g/mol. The van der Waals surface area contributed by atoms with E-state index in [1.165, 1.54) is 4.57 Å². The number of carbonyl (C=O) groups is 1. The van der Waals surface area contributed by atoms with Crippen LogP contribution in [0.4, 0.5) is 4.39 Å². The van der Waals surface area contributed by atoms with Crippen LogP contribution in [0.5, 0.6) is 0 Å². The first-order valence-electron chi connectivity index (χ1n) is 10.4. The van der Waals surface area contributed by atoms with Gasteiger partial charge in [0.1, 0.15) is 12.1 Å².